The van der Waals surface area contributed by atoms with Crippen molar-refractivity contribution in [3.8, 4) is 0 Å². The van der Waals surface area contributed by atoms with Crippen LogP contribution in [0, 0.1) is 5.41 Å². The van der Waals surface area contributed by atoms with Gasteiger partial charge < -0.3 is 0 Å². The molecule has 0 heterocycles. The molecule has 1 nitrogen and oxygen atoms in total. The second-order valence-electron chi connectivity index (χ2n) is 4.68. The normalized spacial score (nSPS) is 11.7. The molecular formula is C12H23ClO. The molecule has 0 aliphatic rings. The minimum Gasteiger partial charge on any atom is -0.281 e. The maximum Gasteiger partial charge on any atom is 0.227 e. The van der Waals surface area contributed by atoms with Crippen LogP contribution >= 0.6 is 11.6 Å². The van der Waals surface area contributed by atoms with E-state index in [0.717, 1.165) is 12.8 Å². The molecule has 0 fully saturated rings. The molecule has 0 spiro atoms. The Kier molecular flexibility index (Phi) is 7.26. The predicted molar refractivity (Wildman–Crippen MR) is 62.6 cm³/mol. The molecule has 0 unspecified atom stereocenters. The average Bonchev–Trinajstić information content (AvgIpc) is 2.10. The van der Waals surface area contributed by atoms with Crippen LogP contribution in [0.3, 0.4) is 0 Å². The van der Waals surface area contributed by atoms with E-state index in [9.17, 15) is 4.79 Å². The molecule has 0 aromatic rings. The van der Waals surface area contributed by atoms with Crippen LogP contribution in [0.25, 0.3) is 0 Å². The number of hydrogen-bond acceptors (Lipinski definition) is 1. The van der Waals surface area contributed by atoms with Crippen molar-refractivity contribution in [2.45, 2.75) is 65.7 Å². The summed E-state index contributed by atoms with van der Waals surface area (Å²) in [7, 11) is 0. The molecule has 0 rings (SSSR count). The molecule has 0 N–H and O–H groups in total. The third kappa shape index (κ3) is 6.42. The van der Waals surface area contributed by atoms with Gasteiger partial charge in [-0.05, 0) is 18.0 Å². The summed E-state index contributed by atoms with van der Waals surface area (Å²) in [4.78, 5) is 11.0. The Bertz CT molecular complexity index is 164. The average molecular weight is 219 g/mol. The molecule has 0 saturated heterocycles. The largest absolute Gasteiger partial charge is 0.281 e. The van der Waals surface area contributed by atoms with Crippen molar-refractivity contribution in [1.82, 2.24) is 0 Å². The van der Waals surface area contributed by atoms with E-state index in [0.29, 0.717) is 0 Å². The van der Waals surface area contributed by atoms with Crippen LogP contribution in [-0.4, -0.2) is 5.24 Å². The van der Waals surface area contributed by atoms with Crippen LogP contribution in [0.1, 0.15) is 65.7 Å². The monoisotopic (exact) mass is 218 g/mol. The molecule has 0 aromatic carbocycles. The number of rotatable bonds is 8. The summed E-state index contributed by atoms with van der Waals surface area (Å²) in [6.45, 7) is 6.07. The van der Waals surface area contributed by atoms with Gasteiger partial charge in [-0.15, -0.1) is 0 Å². The standard InChI is InChI=1S/C12H23ClO/c1-4-5-6-7-8-9-10-12(2,3)11(13)14/h4-10H2,1-3H3. The van der Waals surface area contributed by atoms with Gasteiger partial charge in [-0.25, -0.2) is 0 Å². The van der Waals surface area contributed by atoms with Gasteiger partial charge in [-0.1, -0.05) is 59.3 Å². The van der Waals surface area contributed by atoms with Crippen LogP contribution < -0.4 is 0 Å². The molecule has 0 saturated carbocycles. The summed E-state index contributed by atoms with van der Waals surface area (Å²) in [5.41, 5.74) is -0.327. The Morgan fingerprint density at radius 2 is 1.57 bits per heavy atom. The number of unbranched alkanes of at least 4 members (excludes halogenated alkanes) is 5. The number of carbonyl (C=O) groups is 1. The molecule has 84 valence electrons. The van der Waals surface area contributed by atoms with Crippen LogP contribution in [0.2, 0.25) is 0 Å². The van der Waals surface area contributed by atoms with Crippen molar-refractivity contribution in [3.63, 3.8) is 0 Å². The van der Waals surface area contributed by atoms with Gasteiger partial charge >= 0.3 is 0 Å². The highest BCUT2D eigenvalue weighted by atomic mass is 35.5. The van der Waals surface area contributed by atoms with E-state index in [2.05, 4.69) is 6.92 Å². The van der Waals surface area contributed by atoms with E-state index in [-0.39, 0.29) is 10.7 Å². The van der Waals surface area contributed by atoms with Crippen molar-refractivity contribution >= 4 is 16.8 Å². The first kappa shape index (κ1) is 14.0. The summed E-state index contributed by atoms with van der Waals surface area (Å²) in [5, 5.41) is -0.203. The van der Waals surface area contributed by atoms with Crippen LogP contribution in [0.4, 0.5) is 0 Å². The molecule has 0 atom stereocenters. The van der Waals surface area contributed by atoms with E-state index < -0.39 is 0 Å². The molecule has 14 heavy (non-hydrogen) atoms. The van der Waals surface area contributed by atoms with E-state index >= 15 is 0 Å². The first-order chi connectivity index (χ1) is 6.50. The highest BCUT2D eigenvalue weighted by Gasteiger charge is 2.24. The fourth-order valence-electron chi connectivity index (χ4n) is 1.45. The molecule has 2 heteroatoms. The Hall–Kier alpha value is -0.0400. The zero-order valence-corrected chi connectivity index (χ0v) is 10.5. The third-order valence-corrected chi connectivity index (χ3v) is 3.20. The van der Waals surface area contributed by atoms with E-state index in [1.807, 2.05) is 13.8 Å². The maximum atomic E-state index is 11.0. The zero-order chi connectivity index (χ0) is 11.0. The molecule has 0 aromatic heterocycles. The smallest absolute Gasteiger partial charge is 0.227 e. The zero-order valence-electron chi connectivity index (χ0n) is 9.74. The number of halogens is 1. The lowest BCUT2D eigenvalue weighted by Crippen LogP contribution is -2.18. The first-order valence-electron chi connectivity index (χ1n) is 5.70. The number of carbonyl (C=O) groups excluding carboxylic acids is 1. The SMILES string of the molecule is CCCCCCCCC(C)(C)C(=O)Cl. The van der Waals surface area contributed by atoms with Crippen molar-refractivity contribution in [2.75, 3.05) is 0 Å². The van der Waals surface area contributed by atoms with E-state index in [1.165, 1.54) is 32.1 Å². The minimum atomic E-state index is -0.327. The van der Waals surface area contributed by atoms with Gasteiger partial charge in [0, 0.05) is 5.41 Å². The summed E-state index contributed by atoms with van der Waals surface area (Å²) < 4.78 is 0. The van der Waals surface area contributed by atoms with E-state index in [1.54, 1.807) is 0 Å². The molecule has 0 aliphatic carbocycles. The van der Waals surface area contributed by atoms with Crippen LogP contribution in [0.5, 0.6) is 0 Å². The van der Waals surface area contributed by atoms with Crippen molar-refractivity contribution in [2.24, 2.45) is 5.41 Å². The summed E-state index contributed by atoms with van der Waals surface area (Å²) in [6.07, 6.45) is 8.50. The minimum absolute atomic E-state index is 0.203. The lowest BCUT2D eigenvalue weighted by atomic mass is 9.88. The molecule has 0 amide bonds. The van der Waals surface area contributed by atoms with Crippen molar-refractivity contribution < 1.29 is 4.79 Å². The van der Waals surface area contributed by atoms with Gasteiger partial charge in [0.1, 0.15) is 0 Å². The lowest BCUT2D eigenvalue weighted by molar-refractivity contribution is -0.119. The molecule has 0 bridgehead atoms. The second kappa shape index (κ2) is 7.28. The fourth-order valence-corrected chi connectivity index (χ4v) is 1.54. The quantitative estimate of drug-likeness (QED) is 0.432. The molecular weight excluding hydrogens is 196 g/mol. The summed E-state index contributed by atoms with van der Waals surface area (Å²) in [6, 6.07) is 0. The fraction of sp³-hybridized carbons (Fsp3) is 0.917. The Labute approximate surface area is 93.2 Å². The van der Waals surface area contributed by atoms with Gasteiger partial charge in [-0.3, -0.25) is 4.79 Å². The summed E-state index contributed by atoms with van der Waals surface area (Å²) >= 11 is 5.49. The van der Waals surface area contributed by atoms with Crippen molar-refractivity contribution in [3.05, 3.63) is 0 Å². The third-order valence-electron chi connectivity index (χ3n) is 2.69. The predicted octanol–water partition coefficient (Wildman–Crippen LogP) is 4.53. The Morgan fingerprint density at radius 3 is 2.07 bits per heavy atom. The van der Waals surface area contributed by atoms with Crippen molar-refractivity contribution in [1.29, 1.82) is 0 Å². The number of hydrogen-bond donors (Lipinski definition) is 0. The Balaban J connectivity index is 3.40. The summed E-state index contributed by atoms with van der Waals surface area (Å²) in [5.74, 6) is 0. The van der Waals surface area contributed by atoms with Gasteiger partial charge in [0.2, 0.25) is 5.24 Å². The highest BCUT2D eigenvalue weighted by molar-refractivity contribution is 6.64. The topological polar surface area (TPSA) is 17.1 Å². The van der Waals surface area contributed by atoms with Gasteiger partial charge in [0.15, 0.2) is 0 Å². The van der Waals surface area contributed by atoms with Gasteiger partial charge in [0.05, 0.1) is 0 Å². The highest BCUT2D eigenvalue weighted by Crippen LogP contribution is 2.26. The Morgan fingerprint density at radius 1 is 1.07 bits per heavy atom. The lowest BCUT2D eigenvalue weighted by Gasteiger charge is -2.18. The van der Waals surface area contributed by atoms with Gasteiger partial charge in [0.25, 0.3) is 0 Å². The maximum absolute atomic E-state index is 11.0. The van der Waals surface area contributed by atoms with Crippen LogP contribution in [0.15, 0.2) is 0 Å². The van der Waals surface area contributed by atoms with E-state index in [4.69, 9.17) is 11.6 Å². The molecule has 0 radical (unpaired) electrons. The molecule has 0 aliphatic heterocycles. The first-order valence-corrected chi connectivity index (χ1v) is 6.08. The second-order valence-corrected chi connectivity index (χ2v) is 5.02. The van der Waals surface area contributed by atoms with Crippen LogP contribution in [-0.2, 0) is 4.79 Å². The van der Waals surface area contributed by atoms with Gasteiger partial charge in [-0.2, -0.15) is 0 Å².